The van der Waals surface area contributed by atoms with Crippen molar-refractivity contribution in [3.05, 3.63) is 23.7 Å². The summed E-state index contributed by atoms with van der Waals surface area (Å²) >= 11 is 0. The number of amides is 1. The van der Waals surface area contributed by atoms with Crippen molar-refractivity contribution >= 4 is 23.4 Å². The minimum Gasteiger partial charge on any atom is -0.364 e. The van der Waals surface area contributed by atoms with Crippen molar-refractivity contribution in [1.29, 1.82) is 0 Å². The Morgan fingerprint density at radius 1 is 1.19 bits per heavy atom. The smallest absolute Gasteiger partial charge is 0.271 e. The lowest BCUT2D eigenvalue weighted by molar-refractivity contribution is 0.0996. The lowest BCUT2D eigenvalue weighted by Crippen LogP contribution is -2.31. The molecule has 0 spiro atoms. The van der Waals surface area contributed by atoms with E-state index < -0.39 is 5.91 Å². The number of primary amides is 1. The number of anilines is 3. The minimum absolute atomic E-state index is 0.133. The molecule has 4 rings (SSSR count). The van der Waals surface area contributed by atoms with Crippen LogP contribution in [-0.4, -0.2) is 57.2 Å². The molecule has 2 aromatic rings. The van der Waals surface area contributed by atoms with E-state index in [1.54, 1.807) is 6.20 Å². The highest BCUT2D eigenvalue weighted by atomic mass is 16.1. The Morgan fingerprint density at radius 2 is 2.00 bits per heavy atom. The summed E-state index contributed by atoms with van der Waals surface area (Å²) in [6, 6.07) is 1.98. The average Bonchev–Trinajstić information content (AvgIpc) is 3.03. The van der Waals surface area contributed by atoms with Gasteiger partial charge in [0.1, 0.15) is 5.82 Å². The number of nitrogens with zero attached hydrogens (tertiary/aromatic N) is 6. The Kier molecular flexibility index (Phi) is 4.46. The number of aromatic nitrogens is 4. The van der Waals surface area contributed by atoms with Crippen molar-refractivity contribution in [2.75, 3.05) is 36.9 Å². The van der Waals surface area contributed by atoms with Crippen molar-refractivity contribution in [2.45, 2.75) is 32.4 Å². The van der Waals surface area contributed by atoms with Gasteiger partial charge in [0.05, 0.1) is 18.4 Å². The highest BCUT2D eigenvalue weighted by molar-refractivity contribution is 5.96. The van der Waals surface area contributed by atoms with Crippen molar-refractivity contribution in [3.8, 4) is 0 Å². The van der Waals surface area contributed by atoms with E-state index in [0.717, 1.165) is 57.1 Å². The normalized spacial score (nSPS) is 17.8. The maximum absolute atomic E-state index is 11.8. The Labute approximate surface area is 152 Å². The largest absolute Gasteiger partial charge is 0.364 e. The molecule has 138 valence electrons. The third-order valence-corrected chi connectivity index (χ3v) is 4.91. The molecule has 4 heterocycles. The van der Waals surface area contributed by atoms with Crippen LogP contribution in [0.2, 0.25) is 0 Å². The molecule has 26 heavy (non-hydrogen) atoms. The van der Waals surface area contributed by atoms with Crippen LogP contribution in [0, 0.1) is 0 Å². The van der Waals surface area contributed by atoms with Gasteiger partial charge in [-0.2, -0.15) is 5.10 Å². The number of carbonyl (C=O) groups excluding carboxylic acids is 1. The fourth-order valence-corrected chi connectivity index (χ4v) is 3.50. The Bertz CT molecular complexity index is 811. The third-order valence-electron chi connectivity index (χ3n) is 4.91. The van der Waals surface area contributed by atoms with Crippen LogP contribution in [0.5, 0.6) is 0 Å². The summed E-state index contributed by atoms with van der Waals surface area (Å²) in [6.45, 7) is 4.56. The fraction of sp³-hybridized carbons (Fsp3) is 0.529. The van der Waals surface area contributed by atoms with E-state index in [0.29, 0.717) is 11.6 Å². The van der Waals surface area contributed by atoms with Crippen LogP contribution in [0.25, 0.3) is 0 Å². The van der Waals surface area contributed by atoms with Crippen LogP contribution in [0.3, 0.4) is 0 Å². The van der Waals surface area contributed by atoms with Gasteiger partial charge in [0.25, 0.3) is 5.91 Å². The van der Waals surface area contributed by atoms with E-state index in [9.17, 15) is 4.79 Å². The highest BCUT2D eigenvalue weighted by Crippen LogP contribution is 2.24. The number of nitrogens with one attached hydrogen (secondary N) is 1. The molecule has 1 fully saturated rings. The molecule has 0 aromatic carbocycles. The second-order valence-corrected chi connectivity index (χ2v) is 6.94. The van der Waals surface area contributed by atoms with E-state index in [1.807, 2.05) is 10.7 Å². The predicted molar refractivity (Wildman–Crippen MR) is 98.5 cm³/mol. The van der Waals surface area contributed by atoms with Crippen molar-refractivity contribution in [2.24, 2.45) is 5.73 Å². The van der Waals surface area contributed by atoms with Crippen LogP contribution >= 0.6 is 0 Å². The monoisotopic (exact) mass is 356 g/mol. The summed E-state index contributed by atoms with van der Waals surface area (Å²) < 4.78 is 1.98. The maximum Gasteiger partial charge on any atom is 0.271 e. The molecular formula is C17H24N8O. The molecule has 0 unspecified atom stereocenters. The van der Waals surface area contributed by atoms with Crippen LogP contribution in [0.15, 0.2) is 12.3 Å². The molecule has 2 aliphatic heterocycles. The zero-order valence-electron chi connectivity index (χ0n) is 15.0. The van der Waals surface area contributed by atoms with E-state index in [4.69, 9.17) is 5.73 Å². The number of fused-ring (bicyclic) bond motifs is 1. The fourth-order valence-electron chi connectivity index (χ4n) is 3.50. The number of hydrogen-bond acceptors (Lipinski definition) is 7. The number of nitrogens with two attached hydrogens (primary N) is 1. The van der Waals surface area contributed by atoms with Gasteiger partial charge in [-0.05, 0) is 26.3 Å². The molecule has 0 saturated carbocycles. The summed E-state index contributed by atoms with van der Waals surface area (Å²) in [5.41, 5.74) is 6.75. The first-order chi connectivity index (χ1) is 12.6. The molecule has 2 aromatic heterocycles. The second kappa shape index (κ2) is 6.91. The first-order valence-electron chi connectivity index (χ1n) is 9.04. The van der Waals surface area contributed by atoms with Gasteiger partial charge in [-0.3, -0.25) is 14.4 Å². The molecule has 0 aliphatic carbocycles. The SMILES string of the molecule is CN1CCn2nc(Nc3nc(N4CCCCC4)cnc3C(N)=O)cc2C1. The zero-order valence-corrected chi connectivity index (χ0v) is 15.0. The van der Waals surface area contributed by atoms with Crippen molar-refractivity contribution < 1.29 is 4.79 Å². The molecule has 0 atom stereocenters. The Morgan fingerprint density at radius 3 is 2.77 bits per heavy atom. The van der Waals surface area contributed by atoms with Crippen molar-refractivity contribution in [3.63, 3.8) is 0 Å². The quantitative estimate of drug-likeness (QED) is 0.840. The van der Waals surface area contributed by atoms with Gasteiger partial charge in [0, 0.05) is 32.2 Å². The zero-order chi connectivity index (χ0) is 18.1. The van der Waals surface area contributed by atoms with Crippen LogP contribution in [0.4, 0.5) is 17.5 Å². The lowest BCUT2D eigenvalue weighted by Gasteiger charge is -2.27. The third kappa shape index (κ3) is 3.34. The minimum atomic E-state index is -0.603. The number of hydrogen-bond donors (Lipinski definition) is 2. The van der Waals surface area contributed by atoms with Gasteiger partial charge in [0.15, 0.2) is 17.3 Å². The number of piperidine rings is 1. The highest BCUT2D eigenvalue weighted by Gasteiger charge is 2.20. The summed E-state index contributed by atoms with van der Waals surface area (Å²) in [4.78, 5) is 25.1. The van der Waals surface area contributed by atoms with Crippen molar-refractivity contribution in [1.82, 2.24) is 24.6 Å². The van der Waals surface area contributed by atoms with Crippen LogP contribution in [-0.2, 0) is 13.1 Å². The van der Waals surface area contributed by atoms with Crippen LogP contribution < -0.4 is 16.0 Å². The second-order valence-electron chi connectivity index (χ2n) is 6.94. The van der Waals surface area contributed by atoms with Crippen LogP contribution in [0.1, 0.15) is 35.4 Å². The van der Waals surface area contributed by atoms with E-state index in [2.05, 4.69) is 37.2 Å². The summed E-state index contributed by atoms with van der Waals surface area (Å²) in [5, 5.41) is 7.72. The van der Waals surface area contributed by atoms with E-state index >= 15 is 0 Å². The van der Waals surface area contributed by atoms with Gasteiger partial charge in [0.2, 0.25) is 0 Å². The number of carbonyl (C=O) groups is 1. The first kappa shape index (κ1) is 16.8. The van der Waals surface area contributed by atoms with Gasteiger partial charge < -0.3 is 16.0 Å². The maximum atomic E-state index is 11.8. The van der Waals surface area contributed by atoms with Gasteiger partial charge >= 0.3 is 0 Å². The topological polar surface area (TPSA) is 105 Å². The lowest BCUT2D eigenvalue weighted by atomic mass is 10.1. The molecular weight excluding hydrogens is 332 g/mol. The Hall–Kier alpha value is -2.68. The molecule has 3 N–H and O–H groups in total. The predicted octanol–water partition coefficient (Wildman–Crippen LogP) is 0.951. The van der Waals surface area contributed by atoms with Gasteiger partial charge in [-0.1, -0.05) is 0 Å². The number of likely N-dealkylation sites (N-methyl/N-ethyl adjacent to an activating group) is 1. The average molecular weight is 356 g/mol. The Balaban J connectivity index is 1.62. The summed E-state index contributed by atoms with van der Waals surface area (Å²) in [7, 11) is 2.09. The molecule has 2 aliphatic rings. The molecule has 0 bridgehead atoms. The standard InChI is InChI=1S/C17H24N8O/c1-23-7-8-25-12(11-23)9-13(22-25)20-17-15(16(18)26)19-10-14(21-17)24-5-3-2-4-6-24/h9-10H,2-8,11H2,1H3,(H2,18,26)(H,20,21,22). The molecule has 9 heteroatoms. The first-order valence-corrected chi connectivity index (χ1v) is 9.04. The van der Waals surface area contributed by atoms with E-state index in [1.165, 1.54) is 6.42 Å². The summed E-state index contributed by atoms with van der Waals surface area (Å²) in [5.74, 6) is 1.18. The molecule has 9 nitrogen and oxygen atoms in total. The molecule has 1 saturated heterocycles. The molecule has 0 radical (unpaired) electrons. The van der Waals surface area contributed by atoms with Gasteiger partial charge in [-0.15, -0.1) is 0 Å². The van der Waals surface area contributed by atoms with Gasteiger partial charge in [-0.25, -0.2) is 9.97 Å². The van der Waals surface area contributed by atoms with E-state index in [-0.39, 0.29) is 5.69 Å². The summed E-state index contributed by atoms with van der Waals surface area (Å²) in [6.07, 6.45) is 5.15. The molecule has 1 amide bonds. The number of rotatable bonds is 4.